The van der Waals surface area contributed by atoms with Crippen LogP contribution in [0.3, 0.4) is 0 Å². The van der Waals surface area contributed by atoms with E-state index in [4.69, 9.17) is 0 Å². The Morgan fingerprint density at radius 2 is 1.54 bits per heavy atom. The number of nitrogens with zero attached hydrogens (tertiary/aromatic N) is 1. The maximum Gasteiger partial charge on any atom is 0.250 e. The summed E-state index contributed by atoms with van der Waals surface area (Å²) in [5, 5.41) is 16.3. The SMILES string of the molecule is Cc1ccc(S(=O)(=O)N(CC(C)C)[C@@H](CCCCNC(=O)[C@H](Cc2ccccc2)NS(=O)(=O)c2cccs2)C(=O)NCCO)cc1. The first-order valence-corrected chi connectivity index (χ1v) is 19.0. The first kappa shape index (κ1) is 37.3. The van der Waals surface area contributed by atoms with E-state index in [1.807, 2.05) is 51.1 Å². The number of carbonyl (C=O) groups is 2. The molecule has 14 heteroatoms. The molecular weight excluding hydrogens is 649 g/mol. The highest BCUT2D eigenvalue weighted by Crippen LogP contribution is 2.23. The van der Waals surface area contributed by atoms with E-state index in [0.29, 0.717) is 12.8 Å². The fourth-order valence-electron chi connectivity index (χ4n) is 4.80. The third-order valence-corrected chi connectivity index (χ3v) is 11.9. The summed E-state index contributed by atoms with van der Waals surface area (Å²) in [5.41, 5.74) is 1.69. The average Bonchev–Trinajstić information content (AvgIpc) is 3.57. The number of aliphatic hydroxyl groups excluding tert-OH is 1. The third-order valence-electron chi connectivity index (χ3n) is 7.09. The van der Waals surface area contributed by atoms with E-state index in [1.54, 1.807) is 23.6 Å². The van der Waals surface area contributed by atoms with Gasteiger partial charge < -0.3 is 15.7 Å². The summed E-state index contributed by atoms with van der Waals surface area (Å²) in [6.07, 6.45) is 1.11. The summed E-state index contributed by atoms with van der Waals surface area (Å²) in [4.78, 5) is 26.6. The number of amides is 2. The quantitative estimate of drug-likeness (QED) is 0.140. The number of aryl methyl sites for hydroxylation is 1. The Kier molecular flexibility index (Phi) is 14.3. The Labute approximate surface area is 276 Å². The van der Waals surface area contributed by atoms with E-state index in [-0.39, 0.29) is 54.1 Å². The van der Waals surface area contributed by atoms with E-state index in [0.717, 1.165) is 22.5 Å². The second kappa shape index (κ2) is 17.7. The predicted molar refractivity (Wildman–Crippen MR) is 179 cm³/mol. The van der Waals surface area contributed by atoms with Crippen LogP contribution < -0.4 is 15.4 Å². The van der Waals surface area contributed by atoms with E-state index in [1.165, 1.54) is 22.5 Å². The van der Waals surface area contributed by atoms with E-state index in [2.05, 4.69) is 15.4 Å². The van der Waals surface area contributed by atoms with Gasteiger partial charge in [-0.2, -0.15) is 9.03 Å². The van der Waals surface area contributed by atoms with Crippen LogP contribution in [0.25, 0.3) is 0 Å². The van der Waals surface area contributed by atoms with E-state index >= 15 is 0 Å². The van der Waals surface area contributed by atoms with Crippen molar-refractivity contribution in [2.24, 2.45) is 5.92 Å². The van der Waals surface area contributed by atoms with Gasteiger partial charge in [0.1, 0.15) is 16.3 Å². The van der Waals surface area contributed by atoms with Crippen LogP contribution >= 0.6 is 11.3 Å². The number of thiophene rings is 1. The lowest BCUT2D eigenvalue weighted by Crippen LogP contribution is -2.51. The number of nitrogens with one attached hydrogen (secondary N) is 3. The molecule has 2 aromatic carbocycles. The summed E-state index contributed by atoms with van der Waals surface area (Å²) in [7, 11) is -7.96. The number of hydrogen-bond acceptors (Lipinski definition) is 8. The molecule has 0 bridgehead atoms. The number of aliphatic hydroxyl groups is 1. The molecule has 1 aromatic heterocycles. The van der Waals surface area contributed by atoms with Crippen LogP contribution in [0.4, 0.5) is 0 Å². The van der Waals surface area contributed by atoms with Crippen molar-refractivity contribution in [1.29, 1.82) is 0 Å². The smallest absolute Gasteiger partial charge is 0.250 e. The molecule has 0 spiro atoms. The van der Waals surface area contributed by atoms with Gasteiger partial charge in [0.2, 0.25) is 21.8 Å². The van der Waals surface area contributed by atoms with Crippen LogP contribution in [0, 0.1) is 12.8 Å². The zero-order valence-electron chi connectivity index (χ0n) is 26.4. The Morgan fingerprint density at radius 1 is 0.870 bits per heavy atom. The molecule has 0 aliphatic carbocycles. The van der Waals surface area contributed by atoms with Crippen LogP contribution in [-0.2, 0) is 36.1 Å². The van der Waals surface area contributed by atoms with Gasteiger partial charge in [-0.05, 0) is 67.7 Å². The fourth-order valence-corrected chi connectivity index (χ4v) is 8.78. The van der Waals surface area contributed by atoms with Gasteiger partial charge in [-0.15, -0.1) is 11.3 Å². The molecule has 4 N–H and O–H groups in total. The van der Waals surface area contributed by atoms with Gasteiger partial charge in [-0.25, -0.2) is 16.8 Å². The van der Waals surface area contributed by atoms with Gasteiger partial charge in [0, 0.05) is 19.6 Å². The Bertz CT molecular complexity index is 1600. The van der Waals surface area contributed by atoms with Crippen LogP contribution in [0.2, 0.25) is 0 Å². The highest BCUT2D eigenvalue weighted by atomic mass is 32.2. The summed E-state index contributed by atoms with van der Waals surface area (Å²) < 4.78 is 57.3. The van der Waals surface area contributed by atoms with Crippen molar-refractivity contribution in [1.82, 2.24) is 19.7 Å². The lowest BCUT2D eigenvalue weighted by Gasteiger charge is -2.31. The van der Waals surface area contributed by atoms with Crippen LogP contribution in [0.5, 0.6) is 0 Å². The second-order valence-corrected chi connectivity index (χ2v) is 16.2. The van der Waals surface area contributed by atoms with Crippen molar-refractivity contribution in [2.75, 3.05) is 26.2 Å². The molecule has 2 amide bonds. The Morgan fingerprint density at radius 3 is 2.15 bits per heavy atom. The summed E-state index contributed by atoms with van der Waals surface area (Å²) in [6.45, 7) is 5.58. The molecule has 0 aliphatic rings. The lowest BCUT2D eigenvalue weighted by atomic mass is 10.1. The summed E-state index contributed by atoms with van der Waals surface area (Å²) in [5.74, 6) is -1.09. The largest absolute Gasteiger partial charge is 0.395 e. The van der Waals surface area contributed by atoms with Crippen molar-refractivity contribution < 1.29 is 31.5 Å². The molecule has 1 heterocycles. The van der Waals surface area contributed by atoms with Gasteiger partial charge in [-0.1, -0.05) is 67.9 Å². The minimum atomic E-state index is -4.04. The monoisotopic (exact) mass is 692 g/mol. The van der Waals surface area contributed by atoms with E-state index in [9.17, 15) is 31.5 Å². The van der Waals surface area contributed by atoms with Crippen LogP contribution in [0.1, 0.15) is 44.2 Å². The topological polar surface area (TPSA) is 162 Å². The molecule has 252 valence electrons. The average molecular weight is 693 g/mol. The molecular formula is C32H44N4O7S3. The second-order valence-electron chi connectivity index (χ2n) is 11.4. The highest BCUT2D eigenvalue weighted by molar-refractivity contribution is 7.91. The molecule has 0 radical (unpaired) electrons. The van der Waals surface area contributed by atoms with Crippen molar-refractivity contribution in [3.63, 3.8) is 0 Å². The normalized spacial score (nSPS) is 13.4. The number of unbranched alkanes of at least 4 members (excludes halogenated alkanes) is 1. The van der Waals surface area contributed by atoms with Crippen LogP contribution in [0.15, 0.2) is 81.2 Å². The van der Waals surface area contributed by atoms with Crippen LogP contribution in [-0.4, -0.2) is 76.4 Å². The molecule has 2 atom stereocenters. The number of sulfonamides is 2. The summed E-state index contributed by atoms with van der Waals surface area (Å²) in [6, 6.07) is 16.5. The number of carbonyl (C=O) groups excluding carboxylic acids is 2. The number of rotatable bonds is 19. The molecule has 0 saturated carbocycles. The molecule has 0 aliphatic heterocycles. The number of hydrogen-bond donors (Lipinski definition) is 4. The zero-order chi connectivity index (χ0) is 33.7. The van der Waals surface area contributed by atoms with Crippen molar-refractivity contribution in [3.8, 4) is 0 Å². The number of benzene rings is 2. The minimum Gasteiger partial charge on any atom is -0.395 e. The molecule has 0 unspecified atom stereocenters. The summed E-state index contributed by atoms with van der Waals surface area (Å²) >= 11 is 1.06. The molecule has 3 rings (SSSR count). The standard InChI is InChI=1S/C32H44N4O7S3/c1-24(2)23-36(46(42,43)27-16-14-25(3)15-17-27)29(32(39)34-19-20-37)12-7-8-18-33-31(38)28(22-26-10-5-4-6-11-26)35-45(40,41)30-13-9-21-44-30/h4-6,9-11,13-17,21,24,28-29,35,37H,7-8,12,18-20,22-23H2,1-3H3,(H,33,38)(H,34,39)/t28-,29-/m0/s1. The Hall–Kier alpha value is -3.14. The first-order valence-electron chi connectivity index (χ1n) is 15.2. The lowest BCUT2D eigenvalue weighted by molar-refractivity contribution is -0.125. The van der Waals surface area contributed by atoms with Crippen molar-refractivity contribution in [3.05, 3.63) is 83.2 Å². The van der Waals surface area contributed by atoms with Gasteiger partial charge in [0.15, 0.2) is 0 Å². The van der Waals surface area contributed by atoms with Gasteiger partial charge in [0.25, 0.3) is 10.0 Å². The van der Waals surface area contributed by atoms with Gasteiger partial charge in [0.05, 0.1) is 11.5 Å². The maximum absolute atomic E-state index is 13.8. The molecule has 3 aromatic rings. The molecule has 11 nitrogen and oxygen atoms in total. The Balaban J connectivity index is 1.71. The molecule has 0 saturated heterocycles. The van der Waals surface area contributed by atoms with Crippen molar-refractivity contribution >= 4 is 43.2 Å². The highest BCUT2D eigenvalue weighted by Gasteiger charge is 2.36. The van der Waals surface area contributed by atoms with Gasteiger partial charge in [-0.3, -0.25) is 9.59 Å². The predicted octanol–water partition coefficient (Wildman–Crippen LogP) is 3.06. The first-order chi connectivity index (χ1) is 21.8. The fraction of sp³-hybridized carbons (Fsp3) is 0.438. The molecule has 0 fully saturated rings. The minimum absolute atomic E-state index is 0.0182. The zero-order valence-corrected chi connectivity index (χ0v) is 28.8. The third kappa shape index (κ3) is 11.0. The van der Waals surface area contributed by atoms with Crippen molar-refractivity contribution in [2.45, 2.75) is 67.6 Å². The van der Waals surface area contributed by atoms with Gasteiger partial charge >= 0.3 is 0 Å². The molecule has 46 heavy (non-hydrogen) atoms. The van der Waals surface area contributed by atoms with E-state index < -0.39 is 43.9 Å². The maximum atomic E-state index is 13.8.